The largest absolute Gasteiger partial charge is 0.481 e. The van der Waals surface area contributed by atoms with Crippen LogP contribution in [0.25, 0.3) is 0 Å². The van der Waals surface area contributed by atoms with Crippen LogP contribution in [-0.2, 0) is 4.79 Å². The summed E-state index contributed by atoms with van der Waals surface area (Å²) in [7, 11) is 0. The molecule has 24 heavy (non-hydrogen) atoms. The second-order valence-electron chi connectivity index (χ2n) is 7.49. The molecule has 4 heteroatoms. The SMILES string of the molecule is Cc1ccc(C(C)C)cc1OC(C)C(=O)N1CCCC(C(C)N)C1. The van der Waals surface area contributed by atoms with Gasteiger partial charge in [-0.25, -0.2) is 0 Å². The zero-order valence-corrected chi connectivity index (χ0v) is 15.7. The van der Waals surface area contributed by atoms with Gasteiger partial charge in [-0.1, -0.05) is 26.0 Å². The van der Waals surface area contributed by atoms with Crippen molar-refractivity contribution in [3.63, 3.8) is 0 Å². The number of piperidine rings is 1. The van der Waals surface area contributed by atoms with E-state index < -0.39 is 6.10 Å². The second kappa shape index (κ2) is 8.02. The Morgan fingerprint density at radius 1 is 1.29 bits per heavy atom. The van der Waals surface area contributed by atoms with Crippen molar-refractivity contribution < 1.29 is 9.53 Å². The van der Waals surface area contributed by atoms with E-state index in [0.29, 0.717) is 11.8 Å². The van der Waals surface area contributed by atoms with Gasteiger partial charge >= 0.3 is 0 Å². The molecule has 2 rings (SSSR count). The molecule has 1 aliphatic heterocycles. The molecule has 4 nitrogen and oxygen atoms in total. The summed E-state index contributed by atoms with van der Waals surface area (Å²) in [6, 6.07) is 6.37. The standard InChI is InChI=1S/C20H32N2O2/c1-13(2)17-9-8-14(3)19(11-17)24-16(5)20(23)22-10-6-7-18(12-22)15(4)21/h8-9,11,13,15-16,18H,6-7,10,12,21H2,1-5H3. The van der Waals surface area contributed by atoms with Crippen LogP contribution in [0.2, 0.25) is 0 Å². The van der Waals surface area contributed by atoms with Crippen LogP contribution in [0, 0.1) is 12.8 Å². The lowest BCUT2D eigenvalue weighted by Crippen LogP contribution is -2.48. The van der Waals surface area contributed by atoms with Gasteiger partial charge in [-0.05, 0) is 62.6 Å². The third-order valence-electron chi connectivity index (χ3n) is 5.04. The highest BCUT2D eigenvalue weighted by molar-refractivity contribution is 5.81. The fourth-order valence-electron chi connectivity index (χ4n) is 3.24. The van der Waals surface area contributed by atoms with Crippen molar-refractivity contribution in [1.82, 2.24) is 4.90 Å². The summed E-state index contributed by atoms with van der Waals surface area (Å²) in [4.78, 5) is 14.7. The predicted octanol–water partition coefficient (Wildman–Crippen LogP) is 3.47. The van der Waals surface area contributed by atoms with E-state index in [1.54, 1.807) is 0 Å². The number of carbonyl (C=O) groups is 1. The Morgan fingerprint density at radius 2 is 2.00 bits per heavy atom. The molecule has 0 aromatic heterocycles. The lowest BCUT2D eigenvalue weighted by molar-refractivity contribution is -0.139. The second-order valence-corrected chi connectivity index (χ2v) is 7.49. The van der Waals surface area contributed by atoms with Gasteiger partial charge in [-0.15, -0.1) is 0 Å². The number of carbonyl (C=O) groups excluding carboxylic acids is 1. The van der Waals surface area contributed by atoms with Crippen LogP contribution < -0.4 is 10.5 Å². The number of aryl methyl sites for hydroxylation is 1. The average Bonchev–Trinajstić information content (AvgIpc) is 2.55. The molecule has 0 aliphatic carbocycles. The fraction of sp³-hybridized carbons (Fsp3) is 0.650. The summed E-state index contributed by atoms with van der Waals surface area (Å²) in [6.07, 6.45) is 1.65. The van der Waals surface area contributed by atoms with Gasteiger partial charge in [0.25, 0.3) is 5.91 Å². The maximum atomic E-state index is 12.8. The molecular formula is C20H32N2O2. The quantitative estimate of drug-likeness (QED) is 0.898. The number of amides is 1. The maximum Gasteiger partial charge on any atom is 0.263 e. The van der Waals surface area contributed by atoms with Crippen LogP contribution >= 0.6 is 0 Å². The minimum absolute atomic E-state index is 0.0645. The molecule has 1 fully saturated rings. The summed E-state index contributed by atoms with van der Waals surface area (Å²) in [5.74, 6) is 1.70. The summed E-state index contributed by atoms with van der Waals surface area (Å²) < 4.78 is 6.02. The lowest BCUT2D eigenvalue weighted by Gasteiger charge is -2.36. The van der Waals surface area contributed by atoms with Crippen molar-refractivity contribution in [2.24, 2.45) is 11.7 Å². The minimum Gasteiger partial charge on any atom is -0.481 e. The van der Waals surface area contributed by atoms with E-state index in [0.717, 1.165) is 37.2 Å². The van der Waals surface area contributed by atoms with Gasteiger partial charge in [0.2, 0.25) is 0 Å². The molecule has 134 valence electrons. The first-order valence-corrected chi connectivity index (χ1v) is 9.11. The molecule has 1 aliphatic rings. The molecule has 1 amide bonds. The van der Waals surface area contributed by atoms with Crippen LogP contribution in [0.15, 0.2) is 18.2 Å². The van der Waals surface area contributed by atoms with E-state index in [2.05, 4.69) is 32.0 Å². The number of ether oxygens (including phenoxy) is 1. The third kappa shape index (κ3) is 4.50. The number of nitrogens with zero attached hydrogens (tertiary/aromatic N) is 1. The van der Waals surface area contributed by atoms with Crippen LogP contribution in [0.1, 0.15) is 57.6 Å². The molecule has 3 unspecified atom stereocenters. The first-order chi connectivity index (χ1) is 11.3. The Balaban J connectivity index is 2.05. The molecule has 0 saturated carbocycles. The number of rotatable bonds is 5. The minimum atomic E-state index is -0.474. The Hall–Kier alpha value is -1.55. The van der Waals surface area contributed by atoms with Crippen molar-refractivity contribution in [3.8, 4) is 5.75 Å². The predicted molar refractivity (Wildman–Crippen MR) is 98.3 cm³/mol. The van der Waals surface area contributed by atoms with E-state index in [9.17, 15) is 4.79 Å². The van der Waals surface area contributed by atoms with E-state index in [1.807, 2.05) is 25.7 Å². The summed E-state index contributed by atoms with van der Waals surface area (Å²) in [5.41, 5.74) is 8.31. The molecule has 1 aromatic rings. The smallest absolute Gasteiger partial charge is 0.263 e. The molecular weight excluding hydrogens is 300 g/mol. The Bertz CT molecular complexity index is 569. The molecule has 3 atom stereocenters. The molecule has 0 spiro atoms. The Kier molecular flexibility index (Phi) is 6.27. The Labute approximate surface area is 146 Å². The van der Waals surface area contributed by atoms with Crippen LogP contribution in [0.3, 0.4) is 0 Å². The number of hydrogen-bond donors (Lipinski definition) is 1. The zero-order valence-electron chi connectivity index (χ0n) is 15.7. The normalized spacial score (nSPS) is 20.8. The molecule has 1 saturated heterocycles. The highest BCUT2D eigenvalue weighted by atomic mass is 16.5. The van der Waals surface area contributed by atoms with Crippen molar-refractivity contribution in [3.05, 3.63) is 29.3 Å². The number of benzene rings is 1. The number of nitrogens with two attached hydrogens (primary N) is 1. The van der Waals surface area contributed by atoms with Gasteiger partial charge < -0.3 is 15.4 Å². The van der Waals surface area contributed by atoms with Crippen molar-refractivity contribution in [1.29, 1.82) is 0 Å². The van der Waals surface area contributed by atoms with Gasteiger partial charge in [0.15, 0.2) is 6.10 Å². The van der Waals surface area contributed by atoms with Crippen LogP contribution in [0.4, 0.5) is 0 Å². The molecule has 1 heterocycles. The highest BCUT2D eigenvalue weighted by Gasteiger charge is 2.29. The average molecular weight is 332 g/mol. The van der Waals surface area contributed by atoms with Gasteiger partial charge in [-0.2, -0.15) is 0 Å². The Morgan fingerprint density at radius 3 is 2.62 bits per heavy atom. The summed E-state index contributed by atoms with van der Waals surface area (Å²) in [5, 5.41) is 0. The third-order valence-corrected chi connectivity index (χ3v) is 5.04. The summed E-state index contributed by atoms with van der Waals surface area (Å²) >= 11 is 0. The molecule has 0 bridgehead atoms. The van der Waals surface area contributed by atoms with Crippen molar-refractivity contribution >= 4 is 5.91 Å². The van der Waals surface area contributed by atoms with Crippen molar-refractivity contribution in [2.75, 3.05) is 13.1 Å². The van der Waals surface area contributed by atoms with Gasteiger partial charge in [0, 0.05) is 19.1 Å². The lowest BCUT2D eigenvalue weighted by atomic mass is 9.92. The maximum absolute atomic E-state index is 12.8. The number of hydrogen-bond acceptors (Lipinski definition) is 3. The van der Waals surface area contributed by atoms with Gasteiger partial charge in [0.1, 0.15) is 5.75 Å². The molecule has 2 N–H and O–H groups in total. The van der Waals surface area contributed by atoms with E-state index in [1.165, 1.54) is 5.56 Å². The zero-order chi connectivity index (χ0) is 17.9. The van der Waals surface area contributed by atoms with Crippen molar-refractivity contribution in [2.45, 2.75) is 65.5 Å². The van der Waals surface area contributed by atoms with E-state index in [-0.39, 0.29) is 11.9 Å². The van der Waals surface area contributed by atoms with E-state index >= 15 is 0 Å². The van der Waals surface area contributed by atoms with Crippen LogP contribution in [-0.4, -0.2) is 36.0 Å². The monoisotopic (exact) mass is 332 g/mol. The van der Waals surface area contributed by atoms with Crippen LogP contribution in [0.5, 0.6) is 5.75 Å². The molecule has 0 radical (unpaired) electrons. The number of likely N-dealkylation sites (tertiary alicyclic amines) is 1. The van der Waals surface area contributed by atoms with Gasteiger partial charge in [-0.3, -0.25) is 4.79 Å². The first kappa shape index (κ1) is 18.8. The first-order valence-electron chi connectivity index (χ1n) is 9.11. The topological polar surface area (TPSA) is 55.6 Å². The summed E-state index contributed by atoms with van der Waals surface area (Å²) in [6.45, 7) is 11.8. The fourth-order valence-corrected chi connectivity index (χ4v) is 3.24. The van der Waals surface area contributed by atoms with E-state index in [4.69, 9.17) is 10.5 Å². The molecule has 1 aromatic carbocycles. The highest BCUT2D eigenvalue weighted by Crippen LogP contribution is 2.26. The van der Waals surface area contributed by atoms with Gasteiger partial charge in [0.05, 0.1) is 0 Å².